The summed E-state index contributed by atoms with van der Waals surface area (Å²) >= 11 is 0. The summed E-state index contributed by atoms with van der Waals surface area (Å²) in [6.07, 6.45) is 33.4. The van der Waals surface area contributed by atoms with Crippen LogP contribution in [0.1, 0.15) is 155 Å². The number of ether oxygens (including phenoxy) is 2. The van der Waals surface area contributed by atoms with Gasteiger partial charge in [0.1, 0.15) is 19.8 Å². The van der Waals surface area contributed by atoms with E-state index in [-0.39, 0.29) is 26.1 Å². The molecule has 0 aliphatic carbocycles. The molecule has 56 heavy (non-hydrogen) atoms. The van der Waals surface area contributed by atoms with Gasteiger partial charge in [-0.05, 0) is 38.5 Å². The average molecular weight is 814 g/mol. The van der Waals surface area contributed by atoms with Crippen molar-refractivity contribution in [3.63, 3.8) is 0 Å². The van der Waals surface area contributed by atoms with Crippen LogP contribution in [0.25, 0.3) is 0 Å². The number of carbonyl (C=O) groups excluding carboxylic acids is 2. The Balaban J connectivity index is 4.66. The molecule has 0 saturated heterocycles. The first-order valence-corrected chi connectivity index (χ1v) is 23.0. The number of unbranched alkanes of at least 4 members (excludes halogenated alkanes) is 15. The van der Waals surface area contributed by atoms with Gasteiger partial charge in [0.25, 0.3) is 7.82 Å². The molecule has 0 aromatic carbocycles. The standard InChI is InChI=1S/C44H80NO10P/c1-6-8-10-12-14-15-16-17-18-19-20-22-28-34-43(48)52-38-42(39-54-56(50,51)53-37-36-45(3,4)5)55-44(49)35-29-33-41(47)32-27-24-23-26-31-40(46)30-25-21-13-11-9-7-2/h21,23-27,31-32,40-42,46-47H,6-20,22,28-30,33-39H2,1-5H3/b24-23+,25-21-,31-26+,32-27-/t40-,41-,42+/m0/s1. The van der Waals surface area contributed by atoms with Crippen molar-refractivity contribution in [3.8, 4) is 0 Å². The van der Waals surface area contributed by atoms with Crippen molar-refractivity contribution >= 4 is 19.8 Å². The molecule has 0 radical (unpaired) electrons. The van der Waals surface area contributed by atoms with Gasteiger partial charge in [0, 0.05) is 12.8 Å². The Morgan fingerprint density at radius 2 is 1.20 bits per heavy atom. The molecule has 0 saturated carbocycles. The van der Waals surface area contributed by atoms with Crippen molar-refractivity contribution in [2.24, 2.45) is 0 Å². The molecule has 1 unspecified atom stereocenters. The monoisotopic (exact) mass is 814 g/mol. The molecular weight excluding hydrogens is 733 g/mol. The highest BCUT2D eigenvalue weighted by Crippen LogP contribution is 2.38. The van der Waals surface area contributed by atoms with Crippen LogP contribution in [0.3, 0.4) is 0 Å². The Morgan fingerprint density at radius 1 is 0.661 bits per heavy atom. The minimum absolute atomic E-state index is 0.0349. The van der Waals surface area contributed by atoms with Crippen LogP contribution in [-0.2, 0) is 32.7 Å². The summed E-state index contributed by atoms with van der Waals surface area (Å²) in [6, 6.07) is 0. The molecule has 0 fully saturated rings. The summed E-state index contributed by atoms with van der Waals surface area (Å²) in [4.78, 5) is 37.5. The molecule has 326 valence electrons. The summed E-state index contributed by atoms with van der Waals surface area (Å²) < 4.78 is 33.6. The molecule has 0 spiro atoms. The number of rotatable bonds is 38. The van der Waals surface area contributed by atoms with Gasteiger partial charge in [0.15, 0.2) is 6.10 Å². The number of likely N-dealkylation sites (N-methyl/N-ethyl adjacent to an activating group) is 1. The minimum atomic E-state index is -4.69. The maximum atomic E-state index is 12.7. The summed E-state index contributed by atoms with van der Waals surface area (Å²) in [6.45, 7) is 3.86. The van der Waals surface area contributed by atoms with Crippen molar-refractivity contribution in [1.82, 2.24) is 0 Å². The number of quaternary nitrogens is 1. The highest BCUT2D eigenvalue weighted by molar-refractivity contribution is 7.45. The molecule has 0 aliphatic rings. The molecule has 0 heterocycles. The molecule has 2 N–H and O–H groups in total. The van der Waals surface area contributed by atoms with E-state index in [0.717, 1.165) is 25.7 Å². The van der Waals surface area contributed by atoms with Crippen molar-refractivity contribution in [2.45, 2.75) is 173 Å². The third-order valence-corrected chi connectivity index (χ3v) is 10.0. The van der Waals surface area contributed by atoms with E-state index >= 15 is 0 Å². The van der Waals surface area contributed by atoms with Crippen LogP contribution < -0.4 is 4.89 Å². The summed E-state index contributed by atoms with van der Waals surface area (Å²) in [5.74, 6) is -1.08. The molecule has 0 aliphatic heterocycles. The number of hydrogen-bond acceptors (Lipinski definition) is 10. The lowest BCUT2D eigenvalue weighted by molar-refractivity contribution is -0.870. The molecule has 0 aromatic heterocycles. The summed E-state index contributed by atoms with van der Waals surface area (Å²) in [5.41, 5.74) is 0. The van der Waals surface area contributed by atoms with Gasteiger partial charge in [-0.1, -0.05) is 152 Å². The van der Waals surface area contributed by atoms with Crippen molar-refractivity contribution < 1.29 is 52.3 Å². The molecule has 11 nitrogen and oxygen atoms in total. The summed E-state index contributed by atoms with van der Waals surface area (Å²) in [7, 11) is 1.01. The average Bonchev–Trinajstić information content (AvgIpc) is 3.13. The topological polar surface area (TPSA) is 152 Å². The number of allylic oxidation sites excluding steroid dienone is 5. The van der Waals surface area contributed by atoms with Gasteiger partial charge in [-0.15, -0.1) is 0 Å². The van der Waals surface area contributed by atoms with Crippen LogP contribution in [0.15, 0.2) is 48.6 Å². The predicted octanol–water partition coefficient (Wildman–Crippen LogP) is 9.22. The largest absolute Gasteiger partial charge is 0.756 e. The first kappa shape index (κ1) is 53.9. The van der Waals surface area contributed by atoms with Gasteiger partial charge in [0.05, 0.1) is 40.0 Å². The first-order valence-electron chi connectivity index (χ1n) is 21.6. The maximum Gasteiger partial charge on any atom is 0.306 e. The first-order chi connectivity index (χ1) is 26.8. The number of carbonyl (C=O) groups is 2. The predicted molar refractivity (Wildman–Crippen MR) is 225 cm³/mol. The molecule has 4 atom stereocenters. The number of aliphatic hydroxyl groups is 2. The van der Waals surface area contributed by atoms with Gasteiger partial charge in [-0.25, -0.2) is 0 Å². The Labute approximate surface area is 340 Å². The van der Waals surface area contributed by atoms with E-state index in [0.29, 0.717) is 36.7 Å². The molecule has 12 heteroatoms. The van der Waals surface area contributed by atoms with Gasteiger partial charge < -0.3 is 38.1 Å². The zero-order valence-corrected chi connectivity index (χ0v) is 36.7. The second kappa shape index (κ2) is 36.0. The number of phosphoric ester groups is 1. The quantitative estimate of drug-likeness (QED) is 0.0154. The van der Waals surface area contributed by atoms with E-state index in [1.807, 2.05) is 27.2 Å². The second-order valence-electron chi connectivity index (χ2n) is 15.8. The number of aliphatic hydroxyl groups excluding tert-OH is 2. The Morgan fingerprint density at radius 3 is 1.79 bits per heavy atom. The number of phosphoric acid groups is 1. The lowest BCUT2D eigenvalue weighted by Crippen LogP contribution is -2.37. The fourth-order valence-corrected chi connectivity index (χ4v) is 6.28. The second-order valence-corrected chi connectivity index (χ2v) is 17.2. The normalized spacial score (nSPS) is 15.2. The fourth-order valence-electron chi connectivity index (χ4n) is 5.55. The Kier molecular flexibility index (Phi) is 34.6. The molecule has 0 aromatic rings. The van der Waals surface area contributed by atoms with Gasteiger partial charge in [-0.3, -0.25) is 14.2 Å². The van der Waals surface area contributed by atoms with Crippen molar-refractivity contribution in [1.29, 1.82) is 0 Å². The van der Waals surface area contributed by atoms with E-state index in [9.17, 15) is 29.3 Å². The SMILES string of the molecule is CCCCC/C=C\C[C@H](O)/C=C/C=C/C=C\[C@H](O)CCCC(=O)O[C@H](COC(=O)CCCCCCCCCCCCCCC)COP(=O)([O-])OCC[N+](C)(C)C. The lowest BCUT2D eigenvalue weighted by atomic mass is 10.0. The highest BCUT2D eigenvalue weighted by Gasteiger charge is 2.22. The summed E-state index contributed by atoms with van der Waals surface area (Å²) in [5, 5.41) is 20.3. The van der Waals surface area contributed by atoms with Crippen LogP contribution in [0, 0.1) is 0 Å². The van der Waals surface area contributed by atoms with E-state index in [1.54, 1.807) is 36.5 Å². The van der Waals surface area contributed by atoms with Gasteiger partial charge in [-0.2, -0.15) is 0 Å². The van der Waals surface area contributed by atoms with E-state index in [2.05, 4.69) is 19.9 Å². The molecule has 0 bridgehead atoms. The number of hydrogen-bond donors (Lipinski definition) is 2. The fraction of sp³-hybridized carbons (Fsp3) is 0.773. The minimum Gasteiger partial charge on any atom is -0.756 e. The van der Waals surface area contributed by atoms with Gasteiger partial charge in [0.2, 0.25) is 0 Å². The Bertz CT molecular complexity index is 1130. The van der Waals surface area contributed by atoms with E-state index < -0.39 is 44.7 Å². The van der Waals surface area contributed by atoms with Gasteiger partial charge >= 0.3 is 11.9 Å². The zero-order valence-electron chi connectivity index (χ0n) is 35.8. The van der Waals surface area contributed by atoms with Crippen molar-refractivity contribution in [2.75, 3.05) is 47.5 Å². The lowest BCUT2D eigenvalue weighted by Gasteiger charge is -2.28. The third-order valence-electron chi connectivity index (χ3n) is 9.04. The molecule has 0 amide bonds. The molecule has 0 rings (SSSR count). The number of esters is 2. The van der Waals surface area contributed by atoms with Crippen LogP contribution in [0.2, 0.25) is 0 Å². The zero-order chi connectivity index (χ0) is 41.8. The Hall–Kier alpha value is -2.11. The van der Waals surface area contributed by atoms with Crippen LogP contribution in [-0.4, -0.2) is 92.5 Å². The van der Waals surface area contributed by atoms with E-state index in [1.165, 1.54) is 77.0 Å². The van der Waals surface area contributed by atoms with Crippen LogP contribution in [0.4, 0.5) is 0 Å². The highest BCUT2D eigenvalue weighted by atomic mass is 31.2. The third kappa shape index (κ3) is 38.7. The van der Waals surface area contributed by atoms with Crippen LogP contribution >= 0.6 is 7.82 Å². The van der Waals surface area contributed by atoms with Crippen LogP contribution in [0.5, 0.6) is 0 Å². The smallest absolute Gasteiger partial charge is 0.306 e. The maximum absolute atomic E-state index is 12.7. The molecular formula is C44H80NO10P. The van der Waals surface area contributed by atoms with Crippen molar-refractivity contribution in [3.05, 3.63) is 48.6 Å². The number of nitrogens with zero attached hydrogens (tertiary/aromatic N) is 1. The van der Waals surface area contributed by atoms with E-state index in [4.69, 9.17) is 18.5 Å².